The Kier molecular flexibility index (Phi) is 4.28. The van der Waals surface area contributed by atoms with E-state index >= 15 is 0 Å². The standard InChI is InChI=1S/C18H14ClF2NO2/c1-9-13-8-12(19)4-6-16(13)24-17(9)18(23)22-10(2)11-3-5-14(20)15(21)7-11/h3-8,10H,1-2H3,(H,22,23). The Morgan fingerprint density at radius 2 is 1.92 bits per heavy atom. The van der Waals surface area contributed by atoms with Crippen molar-refractivity contribution in [1.82, 2.24) is 5.32 Å². The summed E-state index contributed by atoms with van der Waals surface area (Å²) in [7, 11) is 0. The number of carbonyl (C=O) groups excluding carboxylic acids is 1. The Morgan fingerprint density at radius 1 is 1.17 bits per heavy atom. The number of nitrogens with one attached hydrogen (secondary N) is 1. The van der Waals surface area contributed by atoms with Crippen LogP contribution in [-0.4, -0.2) is 5.91 Å². The minimum atomic E-state index is -0.955. The lowest BCUT2D eigenvalue weighted by molar-refractivity contribution is 0.0913. The van der Waals surface area contributed by atoms with Crippen LogP contribution in [-0.2, 0) is 0 Å². The number of benzene rings is 2. The average molecular weight is 350 g/mol. The molecule has 124 valence electrons. The van der Waals surface area contributed by atoms with Gasteiger partial charge < -0.3 is 9.73 Å². The first kappa shape index (κ1) is 16.5. The third-order valence-electron chi connectivity index (χ3n) is 3.90. The number of amides is 1. The summed E-state index contributed by atoms with van der Waals surface area (Å²) >= 11 is 5.96. The predicted molar refractivity (Wildman–Crippen MR) is 88.2 cm³/mol. The molecule has 6 heteroatoms. The summed E-state index contributed by atoms with van der Waals surface area (Å²) in [5, 5.41) is 4.03. The number of hydrogen-bond donors (Lipinski definition) is 1. The van der Waals surface area contributed by atoms with E-state index in [1.165, 1.54) is 6.07 Å². The van der Waals surface area contributed by atoms with Gasteiger partial charge in [0, 0.05) is 16.0 Å². The van der Waals surface area contributed by atoms with Gasteiger partial charge in [0.15, 0.2) is 17.4 Å². The molecule has 0 spiro atoms. The summed E-state index contributed by atoms with van der Waals surface area (Å²) < 4.78 is 31.9. The molecular formula is C18H14ClF2NO2. The zero-order chi connectivity index (χ0) is 17.4. The van der Waals surface area contributed by atoms with Gasteiger partial charge in [-0.2, -0.15) is 0 Å². The Morgan fingerprint density at radius 3 is 2.62 bits per heavy atom. The second kappa shape index (κ2) is 6.24. The van der Waals surface area contributed by atoms with Gasteiger partial charge in [0.25, 0.3) is 5.91 Å². The Hall–Kier alpha value is -2.40. The van der Waals surface area contributed by atoms with Gasteiger partial charge in [0.2, 0.25) is 0 Å². The second-order valence-electron chi connectivity index (χ2n) is 5.57. The van der Waals surface area contributed by atoms with Gasteiger partial charge in [-0.05, 0) is 49.7 Å². The Labute approximate surface area is 142 Å². The van der Waals surface area contributed by atoms with Crippen LogP contribution >= 0.6 is 11.6 Å². The minimum absolute atomic E-state index is 0.168. The highest BCUT2D eigenvalue weighted by molar-refractivity contribution is 6.31. The first-order valence-corrected chi connectivity index (χ1v) is 7.69. The van der Waals surface area contributed by atoms with Crippen LogP contribution in [0.5, 0.6) is 0 Å². The van der Waals surface area contributed by atoms with Gasteiger partial charge in [-0.25, -0.2) is 8.78 Å². The molecule has 24 heavy (non-hydrogen) atoms. The molecule has 3 aromatic rings. The van der Waals surface area contributed by atoms with Gasteiger partial charge in [-0.3, -0.25) is 4.79 Å². The van der Waals surface area contributed by atoms with E-state index in [1.807, 2.05) is 0 Å². The van der Waals surface area contributed by atoms with E-state index in [4.69, 9.17) is 16.0 Å². The highest BCUT2D eigenvalue weighted by Crippen LogP contribution is 2.28. The first-order chi connectivity index (χ1) is 11.4. The van der Waals surface area contributed by atoms with E-state index in [0.29, 0.717) is 21.7 Å². The van der Waals surface area contributed by atoms with Crippen LogP contribution in [0.25, 0.3) is 11.0 Å². The molecule has 0 bridgehead atoms. The fourth-order valence-electron chi connectivity index (χ4n) is 2.54. The summed E-state index contributed by atoms with van der Waals surface area (Å²) in [6.45, 7) is 3.44. The summed E-state index contributed by atoms with van der Waals surface area (Å²) in [5.74, 6) is -2.15. The van der Waals surface area contributed by atoms with Crippen molar-refractivity contribution in [3.63, 3.8) is 0 Å². The zero-order valence-electron chi connectivity index (χ0n) is 13.0. The first-order valence-electron chi connectivity index (χ1n) is 7.31. The van der Waals surface area contributed by atoms with Crippen molar-refractivity contribution in [2.75, 3.05) is 0 Å². The summed E-state index contributed by atoms with van der Waals surface area (Å²) in [4.78, 5) is 12.5. The molecule has 3 nitrogen and oxygen atoms in total. The van der Waals surface area contributed by atoms with Gasteiger partial charge in [-0.1, -0.05) is 17.7 Å². The third-order valence-corrected chi connectivity index (χ3v) is 4.13. The number of furan rings is 1. The maximum absolute atomic E-state index is 13.3. The van der Waals surface area contributed by atoms with Crippen LogP contribution in [0.15, 0.2) is 40.8 Å². The van der Waals surface area contributed by atoms with Crippen LogP contribution < -0.4 is 5.32 Å². The minimum Gasteiger partial charge on any atom is -0.451 e. The van der Waals surface area contributed by atoms with Crippen molar-refractivity contribution in [3.8, 4) is 0 Å². The molecule has 1 N–H and O–H groups in total. The van der Waals surface area contributed by atoms with Crippen LogP contribution in [0.2, 0.25) is 5.02 Å². The van der Waals surface area contributed by atoms with Crippen molar-refractivity contribution in [2.24, 2.45) is 0 Å². The van der Waals surface area contributed by atoms with Crippen molar-refractivity contribution < 1.29 is 18.0 Å². The van der Waals surface area contributed by atoms with Crippen molar-refractivity contribution in [1.29, 1.82) is 0 Å². The lowest BCUT2D eigenvalue weighted by Crippen LogP contribution is -2.26. The van der Waals surface area contributed by atoms with Crippen LogP contribution in [0, 0.1) is 18.6 Å². The van der Waals surface area contributed by atoms with Gasteiger partial charge in [-0.15, -0.1) is 0 Å². The largest absolute Gasteiger partial charge is 0.451 e. The Bertz CT molecular complexity index is 936. The molecule has 3 rings (SSSR count). The third kappa shape index (κ3) is 2.99. The molecule has 1 heterocycles. The lowest BCUT2D eigenvalue weighted by atomic mass is 10.1. The van der Waals surface area contributed by atoms with Crippen molar-refractivity contribution >= 4 is 28.5 Å². The van der Waals surface area contributed by atoms with E-state index in [1.54, 1.807) is 32.0 Å². The number of carbonyl (C=O) groups is 1. The lowest BCUT2D eigenvalue weighted by Gasteiger charge is -2.14. The molecule has 0 saturated carbocycles. The molecule has 0 aliphatic carbocycles. The van der Waals surface area contributed by atoms with E-state index in [0.717, 1.165) is 17.5 Å². The molecule has 0 fully saturated rings. The second-order valence-corrected chi connectivity index (χ2v) is 6.00. The van der Waals surface area contributed by atoms with E-state index in [2.05, 4.69) is 5.32 Å². The van der Waals surface area contributed by atoms with Gasteiger partial charge in [0.05, 0.1) is 6.04 Å². The van der Waals surface area contributed by atoms with Crippen LogP contribution in [0.4, 0.5) is 8.78 Å². The highest BCUT2D eigenvalue weighted by Gasteiger charge is 2.20. The highest BCUT2D eigenvalue weighted by atomic mass is 35.5. The van der Waals surface area contributed by atoms with Gasteiger partial charge >= 0.3 is 0 Å². The number of rotatable bonds is 3. The molecule has 1 amide bonds. The van der Waals surface area contributed by atoms with Crippen molar-refractivity contribution in [3.05, 3.63) is 69.9 Å². The summed E-state index contributed by atoms with van der Waals surface area (Å²) in [5.41, 5.74) is 1.68. The summed E-state index contributed by atoms with van der Waals surface area (Å²) in [6.07, 6.45) is 0. The Balaban J connectivity index is 1.86. The molecule has 0 saturated heterocycles. The number of hydrogen-bond acceptors (Lipinski definition) is 2. The topological polar surface area (TPSA) is 42.2 Å². The fraction of sp³-hybridized carbons (Fsp3) is 0.167. The van der Waals surface area contributed by atoms with E-state index in [9.17, 15) is 13.6 Å². The number of aryl methyl sites for hydroxylation is 1. The number of fused-ring (bicyclic) bond motifs is 1. The van der Waals surface area contributed by atoms with Crippen LogP contribution in [0.1, 0.15) is 34.6 Å². The monoisotopic (exact) mass is 349 g/mol. The molecule has 2 aromatic carbocycles. The normalized spacial score (nSPS) is 12.4. The average Bonchev–Trinajstić information content (AvgIpc) is 2.86. The molecule has 0 aliphatic heterocycles. The van der Waals surface area contributed by atoms with Crippen molar-refractivity contribution in [2.45, 2.75) is 19.9 Å². The fourth-order valence-corrected chi connectivity index (χ4v) is 2.71. The SMILES string of the molecule is Cc1c(C(=O)NC(C)c2ccc(F)c(F)c2)oc2ccc(Cl)cc12. The summed E-state index contributed by atoms with van der Waals surface area (Å²) in [6, 6.07) is 8.11. The smallest absolute Gasteiger partial charge is 0.287 e. The van der Waals surface area contributed by atoms with Crippen LogP contribution in [0.3, 0.4) is 0 Å². The van der Waals surface area contributed by atoms with E-state index < -0.39 is 23.6 Å². The maximum atomic E-state index is 13.3. The molecule has 1 atom stereocenters. The zero-order valence-corrected chi connectivity index (χ0v) is 13.7. The van der Waals surface area contributed by atoms with Gasteiger partial charge in [0.1, 0.15) is 5.58 Å². The predicted octanol–water partition coefficient (Wildman–Crippen LogP) is 5.16. The quantitative estimate of drug-likeness (QED) is 0.709. The molecule has 0 radical (unpaired) electrons. The number of halogens is 3. The molecule has 0 aliphatic rings. The molecule has 1 unspecified atom stereocenters. The molecular weight excluding hydrogens is 336 g/mol. The molecule has 1 aromatic heterocycles. The van der Waals surface area contributed by atoms with E-state index in [-0.39, 0.29) is 5.76 Å². The maximum Gasteiger partial charge on any atom is 0.287 e.